The van der Waals surface area contributed by atoms with Gasteiger partial charge in [-0.25, -0.2) is 9.67 Å². The SMILES string of the molecule is CC1(n2ccn(Cc3ccc(-n4ccnn4)nc3)c(=O)c2=O)CC1. The minimum Gasteiger partial charge on any atom is -0.305 e. The van der Waals surface area contributed by atoms with Crippen molar-refractivity contribution in [2.75, 3.05) is 0 Å². The van der Waals surface area contributed by atoms with Crippen LogP contribution in [0.15, 0.2) is 52.7 Å². The summed E-state index contributed by atoms with van der Waals surface area (Å²) in [7, 11) is 0. The topological polar surface area (TPSA) is 87.6 Å². The summed E-state index contributed by atoms with van der Waals surface area (Å²) in [5.41, 5.74) is -0.331. The smallest absolute Gasteiger partial charge is 0.305 e. The Labute approximate surface area is 137 Å². The van der Waals surface area contributed by atoms with Crippen LogP contribution in [0.5, 0.6) is 0 Å². The Morgan fingerprint density at radius 1 is 1.12 bits per heavy atom. The van der Waals surface area contributed by atoms with E-state index in [0.717, 1.165) is 18.4 Å². The van der Waals surface area contributed by atoms with Gasteiger partial charge in [0.25, 0.3) is 0 Å². The van der Waals surface area contributed by atoms with Crippen LogP contribution >= 0.6 is 0 Å². The van der Waals surface area contributed by atoms with Crippen molar-refractivity contribution < 1.29 is 0 Å². The molecule has 1 saturated carbocycles. The van der Waals surface area contributed by atoms with Gasteiger partial charge in [0.05, 0.1) is 18.9 Å². The summed E-state index contributed by atoms with van der Waals surface area (Å²) in [5, 5.41) is 7.60. The maximum atomic E-state index is 12.3. The van der Waals surface area contributed by atoms with Gasteiger partial charge in [-0.3, -0.25) is 9.59 Å². The van der Waals surface area contributed by atoms with Crippen molar-refractivity contribution in [3.8, 4) is 5.82 Å². The average molecular weight is 324 g/mol. The summed E-state index contributed by atoms with van der Waals surface area (Å²) in [6.45, 7) is 2.29. The van der Waals surface area contributed by atoms with Gasteiger partial charge in [0, 0.05) is 24.1 Å². The van der Waals surface area contributed by atoms with Crippen molar-refractivity contribution in [2.45, 2.75) is 31.8 Å². The second kappa shape index (κ2) is 5.26. The number of pyridine rings is 1. The lowest BCUT2D eigenvalue weighted by Gasteiger charge is -2.14. The predicted molar refractivity (Wildman–Crippen MR) is 86.1 cm³/mol. The molecular weight excluding hydrogens is 308 g/mol. The minimum absolute atomic E-state index is 0.184. The molecule has 8 heteroatoms. The molecule has 1 aliphatic rings. The molecule has 1 fully saturated rings. The molecular formula is C16H16N6O2. The molecule has 3 aromatic rings. The summed E-state index contributed by atoms with van der Waals surface area (Å²) in [4.78, 5) is 28.9. The molecule has 24 heavy (non-hydrogen) atoms. The molecule has 0 atom stereocenters. The quantitative estimate of drug-likeness (QED) is 0.654. The van der Waals surface area contributed by atoms with E-state index in [2.05, 4.69) is 15.3 Å². The van der Waals surface area contributed by atoms with Crippen molar-refractivity contribution in [3.05, 3.63) is 69.4 Å². The van der Waals surface area contributed by atoms with E-state index in [1.54, 1.807) is 46.3 Å². The van der Waals surface area contributed by atoms with Crippen molar-refractivity contribution in [2.24, 2.45) is 0 Å². The lowest BCUT2D eigenvalue weighted by Crippen LogP contribution is -2.43. The van der Waals surface area contributed by atoms with Crippen LogP contribution in [0.25, 0.3) is 5.82 Å². The van der Waals surface area contributed by atoms with E-state index < -0.39 is 11.1 Å². The third-order valence-corrected chi connectivity index (χ3v) is 4.43. The Kier molecular flexibility index (Phi) is 3.19. The summed E-state index contributed by atoms with van der Waals surface area (Å²) in [6, 6.07) is 3.64. The Morgan fingerprint density at radius 3 is 2.58 bits per heavy atom. The molecule has 3 heterocycles. The number of nitrogens with zero attached hydrogens (tertiary/aromatic N) is 6. The molecule has 0 N–H and O–H groups in total. The third kappa shape index (κ3) is 2.45. The summed E-state index contributed by atoms with van der Waals surface area (Å²) < 4.78 is 4.52. The molecule has 0 unspecified atom stereocenters. The minimum atomic E-state index is -0.508. The molecule has 122 valence electrons. The van der Waals surface area contributed by atoms with Crippen LogP contribution in [-0.4, -0.2) is 29.1 Å². The molecule has 0 saturated heterocycles. The summed E-state index contributed by atoms with van der Waals surface area (Å²) >= 11 is 0. The molecule has 0 spiro atoms. The van der Waals surface area contributed by atoms with Crippen LogP contribution in [0, 0.1) is 0 Å². The van der Waals surface area contributed by atoms with E-state index in [0.29, 0.717) is 12.4 Å². The van der Waals surface area contributed by atoms with Gasteiger partial charge in [-0.15, -0.1) is 5.10 Å². The fourth-order valence-electron chi connectivity index (χ4n) is 2.65. The van der Waals surface area contributed by atoms with Gasteiger partial charge in [0.2, 0.25) is 0 Å². The molecule has 0 radical (unpaired) electrons. The lowest BCUT2D eigenvalue weighted by molar-refractivity contribution is 0.496. The predicted octanol–water partition coefficient (Wildman–Crippen LogP) is 0.543. The van der Waals surface area contributed by atoms with Crippen molar-refractivity contribution in [1.29, 1.82) is 0 Å². The molecule has 3 aromatic heterocycles. The monoisotopic (exact) mass is 324 g/mol. The van der Waals surface area contributed by atoms with E-state index >= 15 is 0 Å². The van der Waals surface area contributed by atoms with Crippen molar-refractivity contribution >= 4 is 0 Å². The maximum Gasteiger partial charge on any atom is 0.316 e. The van der Waals surface area contributed by atoms with Crippen LogP contribution in [0.4, 0.5) is 0 Å². The average Bonchev–Trinajstić information content (AvgIpc) is 3.11. The molecule has 0 aliphatic heterocycles. The zero-order valence-corrected chi connectivity index (χ0v) is 13.2. The van der Waals surface area contributed by atoms with Crippen LogP contribution in [-0.2, 0) is 12.1 Å². The van der Waals surface area contributed by atoms with E-state index in [-0.39, 0.29) is 5.54 Å². The Balaban J connectivity index is 1.61. The fourth-order valence-corrected chi connectivity index (χ4v) is 2.65. The van der Waals surface area contributed by atoms with E-state index in [1.165, 1.54) is 4.57 Å². The molecule has 1 aliphatic carbocycles. The van der Waals surface area contributed by atoms with Gasteiger partial charge in [0.15, 0.2) is 5.82 Å². The largest absolute Gasteiger partial charge is 0.316 e. The fraction of sp³-hybridized carbons (Fsp3) is 0.312. The third-order valence-electron chi connectivity index (χ3n) is 4.43. The second-order valence-electron chi connectivity index (χ2n) is 6.28. The molecule has 4 rings (SSSR count). The standard InChI is InChI=1S/C16H16N6O2/c1-16(4-5-16)21-9-8-20(14(23)15(21)24)11-12-2-3-13(17-10-12)22-7-6-18-19-22/h2-3,6-10H,4-5,11H2,1H3. The van der Waals surface area contributed by atoms with Gasteiger partial charge in [-0.2, -0.15) is 0 Å². The summed E-state index contributed by atoms with van der Waals surface area (Å²) in [5.74, 6) is 0.640. The van der Waals surface area contributed by atoms with E-state index in [4.69, 9.17) is 0 Å². The second-order valence-corrected chi connectivity index (χ2v) is 6.28. The highest BCUT2D eigenvalue weighted by molar-refractivity contribution is 5.24. The highest BCUT2D eigenvalue weighted by Crippen LogP contribution is 2.41. The molecule has 0 amide bonds. The number of hydrogen-bond donors (Lipinski definition) is 0. The van der Waals surface area contributed by atoms with E-state index in [9.17, 15) is 9.59 Å². The first-order valence-electron chi connectivity index (χ1n) is 7.71. The zero-order valence-electron chi connectivity index (χ0n) is 13.2. The Hall–Kier alpha value is -3.03. The number of rotatable bonds is 4. The van der Waals surface area contributed by atoms with Gasteiger partial charge >= 0.3 is 11.1 Å². The van der Waals surface area contributed by atoms with Gasteiger partial charge in [-0.1, -0.05) is 11.3 Å². The normalized spacial score (nSPS) is 15.4. The van der Waals surface area contributed by atoms with Crippen LogP contribution in [0.3, 0.4) is 0 Å². The van der Waals surface area contributed by atoms with Crippen molar-refractivity contribution in [3.63, 3.8) is 0 Å². The van der Waals surface area contributed by atoms with Gasteiger partial charge in [0.1, 0.15) is 0 Å². The maximum absolute atomic E-state index is 12.3. The van der Waals surface area contributed by atoms with Gasteiger partial charge < -0.3 is 9.13 Å². The Bertz CT molecular complexity index is 981. The number of hydrogen-bond acceptors (Lipinski definition) is 5. The Morgan fingerprint density at radius 2 is 1.96 bits per heavy atom. The molecule has 0 aromatic carbocycles. The number of aromatic nitrogens is 6. The first-order valence-corrected chi connectivity index (χ1v) is 7.71. The lowest BCUT2D eigenvalue weighted by atomic mass is 10.2. The first kappa shape index (κ1) is 14.6. The highest BCUT2D eigenvalue weighted by Gasteiger charge is 2.40. The first-order chi connectivity index (χ1) is 11.6. The van der Waals surface area contributed by atoms with Gasteiger partial charge in [-0.05, 0) is 31.4 Å². The van der Waals surface area contributed by atoms with Crippen LogP contribution in [0.1, 0.15) is 25.3 Å². The van der Waals surface area contributed by atoms with Crippen LogP contribution < -0.4 is 11.1 Å². The zero-order chi connectivity index (χ0) is 16.7. The molecule has 0 bridgehead atoms. The van der Waals surface area contributed by atoms with Crippen molar-refractivity contribution in [1.82, 2.24) is 29.1 Å². The summed E-state index contributed by atoms with van der Waals surface area (Å²) in [6.07, 6.45) is 10.2. The highest BCUT2D eigenvalue weighted by atomic mass is 16.2. The van der Waals surface area contributed by atoms with E-state index in [1.807, 2.05) is 13.0 Å². The van der Waals surface area contributed by atoms with Crippen LogP contribution in [0.2, 0.25) is 0 Å². The molecule has 8 nitrogen and oxygen atoms in total.